The molecule has 0 spiro atoms. The molecule has 0 atom stereocenters. The molecule has 0 amide bonds. The fraction of sp³-hybridized carbons (Fsp3) is 0.600. The fourth-order valence-corrected chi connectivity index (χ4v) is 2.68. The number of rotatable bonds is 13. The molecular formula is C20H31NaO4. The van der Waals surface area contributed by atoms with E-state index in [1.807, 2.05) is 0 Å². The minimum absolute atomic E-state index is 0. The summed E-state index contributed by atoms with van der Waals surface area (Å²) >= 11 is 0. The van der Waals surface area contributed by atoms with Gasteiger partial charge >= 0.3 is 41.5 Å². The number of ether oxygens (including phenoxy) is 1. The van der Waals surface area contributed by atoms with Crippen molar-refractivity contribution in [1.82, 2.24) is 0 Å². The van der Waals surface area contributed by atoms with Gasteiger partial charge < -0.3 is 9.84 Å². The van der Waals surface area contributed by atoms with Crippen LogP contribution < -0.4 is 0 Å². The number of hydrogen-bond donors (Lipinski definition) is 1. The molecule has 0 aliphatic heterocycles. The number of hydrogen-bond acceptors (Lipinski definition) is 3. The van der Waals surface area contributed by atoms with Gasteiger partial charge in [0.05, 0.1) is 17.7 Å². The van der Waals surface area contributed by atoms with Crippen molar-refractivity contribution in [2.24, 2.45) is 0 Å². The molecule has 25 heavy (non-hydrogen) atoms. The van der Waals surface area contributed by atoms with Crippen molar-refractivity contribution in [3.8, 4) is 0 Å². The first-order valence-electron chi connectivity index (χ1n) is 9.16. The molecule has 0 saturated carbocycles. The van der Waals surface area contributed by atoms with Gasteiger partial charge in [0, 0.05) is 0 Å². The van der Waals surface area contributed by atoms with Crippen LogP contribution in [-0.4, -0.2) is 53.2 Å². The first kappa shape index (κ1) is 24.2. The maximum atomic E-state index is 11.9. The van der Waals surface area contributed by atoms with E-state index in [1.165, 1.54) is 57.1 Å². The second-order valence-corrected chi connectivity index (χ2v) is 6.17. The molecule has 0 saturated heterocycles. The summed E-state index contributed by atoms with van der Waals surface area (Å²) < 4.78 is 5.19. The van der Waals surface area contributed by atoms with Crippen molar-refractivity contribution in [2.75, 3.05) is 6.61 Å². The summed E-state index contributed by atoms with van der Waals surface area (Å²) in [6.45, 7) is 2.58. The summed E-state index contributed by atoms with van der Waals surface area (Å²) in [5.41, 5.74) is 0.114. The SMILES string of the molecule is CCCCCCCCCCCCOC(=O)c1ccccc1C(=O)O.[NaH]. The van der Waals surface area contributed by atoms with Gasteiger partial charge in [-0.1, -0.05) is 76.8 Å². The number of benzene rings is 1. The summed E-state index contributed by atoms with van der Waals surface area (Å²) in [4.78, 5) is 23.0. The fourth-order valence-electron chi connectivity index (χ4n) is 2.68. The number of carbonyl (C=O) groups is 2. The predicted octanol–water partition coefficient (Wildman–Crippen LogP) is 4.81. The quantitative estimate of drug-likeness (QED) is 0.312. The molecule has 5 heteroatoms. The van der Waals surface area contributed by atoms with Crippen LogP contribution in [-0.2, 0) is 4.74 Å². The summed E-state index contributed by atoms with van der Waals surface area (Å²) in [5.74, 6) is -1.66. The molecule has 1 aromatic carbocycles. The molecule has 0 heterocycles. The van der Waals surface area contributed by atoms with E-state index < -0.39 is 11.9 Å². The molecule has 0 aromatic heterocycles. The molecule has 0 aliphatic carbocycles. The van der Waals surface area contributed by atoms with Crippen molar-refractivity contribution >= 4 is 41.5 Å². The van der Waals surface area contributed by atoms with Crippen LogP contribution in [0.1, 0.15) is 91.8 Å². The maximum absolute atomic E-state index is 11.9. The number of esters is 1. The predicted molar refractivity (Wildman–Crippen MR) is 103 cm³/mol. The molecule has 0 radical (unpaired) electrons. The van der Waals surface area contributed by atoms with Crippen molar-refractivity contribution in [3.05, 3.63) is 35.4 Å². The molecular weight excluding hydrogens is 327 g/mol. The van der Waals surface area contributed by atoms with E-state index in [1.54, 1.807) is 12.1 Å². The van der Waals surface area contributed by atoms with Crippen molar-refractivity contribution < 1.29 is 19.4 Å². The molecule has 1 N–H and O–H groups in total. The molecule has 1 aromatic rings. The topological polar surface area (TPSA) is 63.6 Å². The van der Waals surface area contributed by atoms with Gasteiger partial charge in [-0.15, -0.1) is 0 Å². The number of carboxylic acid groups (broad SMARTS) is 1. The average Bonchev–Trinajstić information content (AvgIpc) is 2.59. The van der Waals surface area contributed by atoms with E-state index in [9.17, 15) is 9.59 Å². The summed E-state index contributed by atoms with van der Waals surface area (Å²) in [6, 6.07) is 6.15. The van der Waals surface area contributed by atoms with Gasteiger partial charge in [-0.3, -0.25) is 0 Å². The number of carbonyl (C=O) groups excluding carboxylic acids is 1. The summed E-state index contributed by atoms with van der Waals surface area (Å²) in [6.07, 6.45) is 12.2. The summed E-state index contributed by atoms with van der Waals surface area (Å²) in [7, 11) is 0. The number of aromatic carboxylic acids is 1. The average molecular weight is 358 g/mol. The van der Waals surface area contributed by atoms with Crippen molar-refractivity contribution in [3.63, 3.8) is 0 Å². The van der Waals surface area contributed by atoms with Crippen LogP contribution in [0.5, 0.6) is 0 Å². The normalized spacial score (nSPS) is 10.1. The van der Waals surface area contributed by atoms with Gasteiger partial charge in [0.2, 0.25) is 0 Å². The van der Waals surface area contributed by atoms with Crippen LogP contribution in [0.4, 0.5) is 0 Å². The van der Waals surface area contributed by atoms with E-state index in [0.29, 0.717) is 6.61 Å². The van der Waals surface area contributed by atoms with E-state index in [4.69, 9.17) is 9.84 Å². The Morgan fingerprint density at radius 3 is 1.84 bits per heavy atom. The monoisotopic (exact) mass is 358 g/mol. The molecule has 4 nitrogen and oxygen atoms in total. The van der Waals surface area contributed by atoms with Crippen LogP contribution >= 0.6 is 0 Å². The Labute approximate surface area is 173 Å². The second kappa shape index (κ2) is 15.4. The molecule has 0 aliphatic rings. The zero-order chi connectivity index (χ0) is 17.6. The third-order valence-corrected chi connectivity index (χ3v) is 4.11. The van der Waals surface area contributed by atoms with Gasteiger partial charge in [-0.05, 0) is 18.6 Å². The first-order valence-corrected chi connectivity index (χ1v) is 9.16. The van der Waals surface area contributed by atoms with Crippen LogP contribution in [0, 0.1) is 0 Å². The molecule has 0 unspecified atom stereocenters. The number of carboxylic acids is 1. The zero-order valence-corrected chi connectivity index (χ0v) is 14.8. The van der Waals surface area contributed by atoms with Gasteiger partial charge in [-0.25, -0.2) is 9.59 Å². The molecule has 0 bridgehead atoms. The van der Waals surface area contributed by atoms with Gasteiger partial charge in [0.15, 0.2) is 0 Å². The van der Waals surface area contributed by atoms with Crippen LogP contribution in [0.2, 0.25) is 0 Å². The van der Waals surface area contributed by atoms with Gasteiger partial charge in [0.25, 0.3) is 0 Å². The Kier molecular flexibility index (Phi) is 14.9. The standard InChI is InChI=1S/C20H30O4.Na.H/c1-2-3-4-5-6-7-8-9-10-13-16-24-20(23)18-15-12-11-14-17(18)19(21)22;;/h11-12,14-15H,2-10,13,16H2,1H3,(H,21,22);;. The molecule has 0 fully saturated rings. The minimum atomic E-state index is -1.11. The van der Waals surface area contributed by atoms with Crippen LogP contribution in [0.25, 0.3) is 0 Å². The second-order valence-electron chi connectivity index (χ2n) is 6.17. The van der Waals surface area contributed by atoms with Crippen molar-refractivity contribution in [1.29, 1.82) is 0 Å². The van der Waals surface area contributed by atoms with Crippen LogP contribution in [0.3, 0.4) is 0 Å². The molecule has 1 rings (SSSR count). The van der Waals surface area contributed by atoms with E-state index >= 15 is 0 Å². The zero-order valence-electron chi connectivity index (χ0n) is 14.8. The Morgan fingerprint density at radius 1 is 0.840 bits per heavy atom. The van der Waals surface area contributed by atoms with E-state index in [0.717, 1.165) is 19.3 Å². The van der Waals surface area contributed by atoms with Gasteiger partial charge in [0.1, 0.15) is 0 Å². The van der Waals surface area contributed by atoms with Crippen molar-refractivity contribution in [2.45, 2.75) is 71.1 Å². The third-order valence-electron chi connectivity index (χ3n) is 4.11. The van der Waals surface area contributed by atoms with E-state index in [-0.39, 0.29) is 40.7 Å². The van der Waals surface area contributed by atoms with Crippen LogP contribution in [0.15, 0.2) is 24.3 Å². The van der Waals surface area contributed by atoms with Gasteiger partial charge in [-0.2, -0.15) is 0 Å². The molecule has 136 valence electrons. The third kappa shape index (κ3) is 10.7. The van der Waals surface area contributed by atoms with E-state index in [2.05, 4.69) is 6.92 Å². The first-order chi connectivity index (χ1) is 11.7. The summed E-state index contributed by atoms with van der Waals surface area (Å²) in [5, 5.41) is 9.07. The Balaban J connectivity index is 0.00000576. The Bertz CT molecular complexity index is 502. The Morgan fingerprint density at radius 2 is 1.32 bits per heavy atom. The number of unbranched alkanes of at least 4 members (excludes halogenated alkanes) is 9. The Hall–Kier alpha value is -0.840.